The SMILES string of the molecule is C/C=C/C=[C]\CCCCCC. The molecule has 0 amide bonds. The highest BCUT2D eigenvalue weighted by Crippen LogP contribution is 2.02. The highest BCUT2D eigenvalue weighted by Gasteiger charge is 1.83. The monoisotopic (exact) mass is 151 g/mol. The third-order valence-corrected chi connectivity index (χ3v) is 1.58. The van der Waals surface area contributed by atoms with Crippen molar-refractivity contribution in [2.75, 3.05) is 0 Å². The van der Waals surface area contributed by atoms with Gasteiger partial charge in [-0.2, -0.15) is 0 Å². The van der Waals surface area contributed by atoms with Crippen molar-refractivity contribution in [3.8, 4) is 0 Å². The Morgan fingerprint density at radius 2 is 2.00 bits per heavy atom. The molecule has 1 radical (unpaired) electrons. The van der Waals surface area contributed by atoms with Gasteiger partial charge in [0.1, 0.15) is 0 Å². The maximum atomic E-state index is 3.23. The number of hydrogen-bond acceptors (Lipinski definition) is 0. The Hall–Kier alpha value is -0.520. The van der Waals surface area contributed by atoms with Crippen LogP contribution in [0.5, 0.6) is 0 Å². The molecule has 0 unspecified atom stereocenters. The smallest absolute Gasteiger partial charge is 0.0276 e. The van der Waals surface area contributed by atoms with Gasteiger partial charge in [-0.1, -0.05) is 44.4 Å². The molecule has 0 aromatic rings. The Bertz CT molecular complexity index is 109. The normalized spacial score (nSPS) is 11.8. The summed E-state index contributed by atoms with van der Waals surface area (Å²) in [6.07, 6.45) is 15.7. The zero-order chi connectivity index (χ0) is 8.36. The third kappa shape index (κ3) is 9.48. The second-order valence-electron chi connectivity index (χ2n) is 2.71. The fourth-order valence-corrected chi connectivity index (χ4v) is 0.901. The minimum Gasteiger partial charge on any atom is -0.0877 e. The number of hydrogen-bond donors (Lipinski definition) is 0. The zero-order valence-corrected chi connectivity index (χ0v) is 7.77. The number of rotatable bonds is 6. The van der Waals surface area contributed by atoms with Gasteiger partial charge in [0.05, 0.1) is 0 Å². The summed E-state index contributed by atoms with van der Waals surface area (Å²) in [4.78, 5) is 0. The van der Waals surface area contributed by atoms with E-state index >= 15 is 0 Å². The van der Waals surface area contributed by atoms with Gasteiger partial charge < -0.3 is 0 Å². The first-order valence-electron chi connectivity index (χ1n) is 4.59. The maximum Gasteiger partial charge on any atom is -0.0276 e. The summed E-state index contributed by atoms with van der Waals surface area (Å²) in [6, 6.07) is 0. The molecule has 0 saturated carbocycles. The molecule has 0 bridgehead atoms. The average molecular weight is 151 g/mol. The molecule has 0 aliphatic heterocycles. The van der Waals surface area contributed by atoms with Crippen molar-refractivity contribution in [3.05, 3.63) is 24.3 Å². The molecule has 0 aromatic heterocycles. The van der Waals surface area contributed by atoms with Gasteiger partial charge >= 0.3 is 0 Å². The lowest BCUT2D eigenvalue weighted by Crippen LogP contribution is -1.73. The molecule has 0 nitrogen and oxygen atoms in total. The first-order valence-corrected chi connectivity index (χ1v) is 4.59. The van der Waals surface area contributed by atoms with Crippen molar-refractivity contribution in [1.29, 1.82) is 0 Å². The molecule has 0 fully saturated rings. The zero-order valence-electron chi connectivity index (χ0n) is 7.77. The molecule has 0 atom stereocenters. The molecule has 11 heavy (non-hydrogen) atoms. The van der Waals surface area contributed by atoms with E-state index < -0.39 is 0 Å². The van der Waals surface area contributed by atoms with Crippen LogP contribution in [0.25, 0.3) is 0 Å². The van der Waals surface area contributed by atoms with Crippen LogP contribution >= 0.6 is 0 Å². The van der Waals surface area contributed by atoms with Crippen LogP contribution in [0.1, 0.15) is 46.0 Å². The van der Waals surface area contributed by atoms with E-state index in [1.807, 2.05) is 25.2 Å². The molecule has 0 spiro atoms. The number of allylic oxidation sites excluding steroid dienone is 4. The summed E-state index contributed by atoms with van der Waals surface area (Å²) in [5.74, 6) is 0. The van der Waals surface area contributed by atoms with E-state index in [1.165, 1.54) is 25.7 Å². The first kappa shape index (κ1) is 10.5. The fourth-order valence-electron chi connectivity index (χ4n) is 0.901. The minimum absolute atomic E-state index is 1.12. The quantitative estimate of drug-likeness (QED) is 0.399. The predicted octanol–water partition coefficient (Wildman–Crippen LogP) is 3.89. The second kappa shape index (κ2) is 9.48. The largest absolute Gasteiger partial charge is 0.0877 e. The van der Waals surface area contributed by atoms with Gasteiger partial charge in [-0.15, -0.1) is 0 Å². The lowest BCUT2D eigenvalue weighted by atomic mass is 10.1. The molecule has 0 N–H and O–H groups in total. The Labute approximate surface area is 71.0 Å². The van der Waals surface area contributed by atoms with Crippen molar-refractivity contribution in [1.82, 2.24) is 0 Å². The van der Waals surface area contributed by atoms with Gasteiger partial charge in [-0.25, -0.2) is 0 Å². The fraction of sp³-hybridized carbons (Fsp3) is 0.636. The number of unbranched alkanes of at least 4 members (excludes halogenated alkanes) is 4. The molecule has 0 heterocycles. The predicted molar refractivity (Wildman–Crippen MR) is 51.4 cm³/mol. The maximum absolute atomic E-state index is 3.23. The van der Waals surface area contributed by atoms with Crippen LogP contribution in [0.15, 0.2) is 18.2 Å². The van der Waals surface area contributed by atoms with Crippen molar-refractivity contribution in [2.24, 2.45) is 0 Å². The van der Waals surface area contributed by atoms with E-state index in [-0.39, 0.29) is 0 Å². The van der Waals surface area contributed by atoms with E-state index in [0.717, 1.165) is 6.42 Å². The molecule has 0 saturated heterocycles. The lowest BCUT2D eigenvalue weighted by molar-refractivity contribution is 0.670. The van der Waals surface area contributed by atoms with Gasteiger partial charge in [-0.05, 0) is 25.8 Å². The highest BCUT2D eigenvalue weighted by molar-refractivity contribution is 4.96. The van der Waals surface area contributed by atoms with Crippen LogP contribution < -0.4 is 0 Å². The van der Waals surface area contributed by atoms with Crippen molar-refractivity contribution < 1.29 is 0 Å². The van der Waals surface area contributed by atoms with E-state index in [1.54, 1.807) is 0 Å². The van der Waals surface area contributed by atoms with Crippen LogP contribution in [-0.4, -0.2) is 0 Å². The standard InChI is InChI=1S/C11H19/c1-3-5-7-9-11-10-8-6-4-2/h3,5,7H,4,6,8,10-11H2,1-2H3/b5-3+,9-7?. The Morgan fingerprint density at radius 3 is 2.64 bits per heavy atom. The molecule has 0 aliphatic rings. The van der Waals surface area contributed by atoms with Crippen molar-refractivity contribution in [2.45, 2.75) is 46.0 Å². The minimum atomic E-state index is 1.12. The van der Waals surface area contributed by atoms with Crippen molar-refractivity contribution >= 4 is 0 Å². The molecular formula is C11H19. The molecule has 0 rings (SSSR count). The molecular weight excluding hydrogens is 132 g/mol. The van der Waals surface area contributed by atoms with Crippen LogP contribution in [0, 0.1) is 6.08 Å². The third-order valence-electron chi connectivity index (χ3n) is 1.58. The van der Waals surface area contributed by atoms with Gasteiger partial charge in [0.2, 0.25) is 0 Å². The molecule has 63 valence electrons. The summed E-state index contributed by atoms with van der Waals surface area (Å²) < 4.78 is 0. The average Bonchev–Trinajstić information content (AvgIpc) is 2.03. The van der Waals surface area contributed by atoms with Crippen molar-refractivity contribution in [3.63, 3.8) is 0 Å². The van der Waals surface area contributed by atoms with Crippen LogP contribution in [-0.2, 0) is 0 Å². The molecule has 0 aromatic carbocycles. The van der Waals surface area contributed by atoms with Crippen LogP contribution in [0.3, 0.4) is 0 Å². The topological polar surface area (TPSA) is 0 Å². The first-order chi connectivity index (χ1) is 5.41. The Kier molecular flexibility index (Phi) is 9.03. The summed E-state index contributed by atoms with van der Waals surface area (Å²) in [5.41, 5.74) is 0. The van der Waals surface area contributed by atoms with E-state index in [4.69, 9.17) is 0 Å². The lowest BCUT2D eigenvalue weighted by Gasteiger charge is -1.92. The second-order valence-corrected chi connectivity index (χ2v) is 2.71. The highest BCUT2D eigenvalue weighted by atomic mass is 13.9. The van der Waals surface area contributed by atoms with E-state index in [0.29, 0.717) is 0 Å². The van der Waals surface area contributed by atoms with Gasteiger partial charge in [0, 0.05) is 0 Å². The Morgan fingerprint density at radius 1 is 1.18 bits per heavy atom. The van der Waals surface area contributed by atoms with Crippen LogP contribution in [0.4, 0.5) is 0 Å². The van der Waals surface area contributed by atoms with Gasteiger partial charge in [0.15, 0.2) is 0 Å². The summed E-state index contributed by atoms with van der Waals surface area (Å²) >= 11 is 0. The van der Waals surface area contributed by atoms with Crippen LogP contribution in [0.2, 0.25) is 0 Å². The van der Waals surface area contributed by atoms with Gasteiger partial charge in [-0.3, -0.25) is 0 Å². The van der Waals surface area contributed by atoms with E-state index in [2.05, 4.69) is 13.0 Å². The van der Waals surface area contributed by atoms with E-state index in [9.17, 15) is 0 Å². The van der Waals surface area contributed by atoms with Gasteiger partial charge in [0.25, 0.3) is 0 Å². The summed E-state index contributed by atoms with van der Waals surface area (Å²) in [6.45, 7) is 4.26. The molecule has 0 aliphatic carbocycles. The summed E-state index contributed by atoms with van der Waals surface area (Å²) in [7, 11) is 0. The molecule has 0 heteroatoms. The summed E-state index contributed by atoms with van der Waals surface area (Å²) in [5, 5.41) is 0. The Balaban J connectivity index is 3.01.